The molecule has 0 aliphatic carbocycles. The van der Waals surface area contributed by atoms with Crippen molar-refractivity contribution in [3.63, 3.8) is 0 Å². The topological polar surface area (TPSA) is 28.5 Å². The van der Waals surface area contributed by atoms with Crippen molar-refractivity contribution in [2.75, 3.05) is 13.1 Å². The van der Waals surface area contributed by atoms with Crippen LogP contribution >= 0.6 is 22.7 Å². The fourth-order valence-electron chi connectivity index (χ4n) is 4.27. The van der Waals surface area contributed by atoms with Gasteiger partial charge in [0.2, 0.25) is 0 Å². The predicted molar refractivity (Wildman–Crippen MR) is 106 cm³/mol. The summed E-state index contributed by atoms with van der Waals surface area (Å²) in [5.41, 5.74) is 0.830. The fourth-order valence-corrected chi connectivity index (χ4v) is 5.90. The van der Waals surface area contributed by atoms with Crippen molar-refractivity contribution in [3.8, 4) is 0 Å². The average molecular weight is 384 g/mol. The molecule has 2 aliphatic rings. The van der Waals surface area contributed by atoms with E-state index < -0.39 is 0 Å². The van der Waals surface area contributed by atoms with Gasteiger partial charge in [0.15, 0.2) is 0 Å². The van der Waals surface area contributed by atoms with Crippen LogP contribution in [0.2, 0.25) is 0 Å². The average Bonchev–Trinajstić information content (AvgIpc) is 3.39. The quantitative estimate of drug-likeness (QED) is 0.681. The molecule has 1 saturated heterocycles. The molecular weight excluding hydrogens is 362 g/mol. The first-order chi connectivity index (χ1) is 12.7. The maximum atomic E-state index is 13.1. The second kappa shape index (κ2) is 6.37. The number of thiophene rings is 2. The minimum atomic E-state index is 0.165. The lowest BCUT2D eigenvalue weighted by Gasteiger charge is -2.38. The number of nitrogens with zero attached hydrogens (tertiary/aromatic N) is 3. The second-order valence-electron chi connectivity index (χ2n) is 7.15. The van der Waals surface area contributed by atoms with Crippen LogP contribution in [0.15, 0.2) is 48.0 Å². The molecule has 134 valence electrons. The Kier molecular flexibility index (Phi) is 3.99. The first-order valence-electron chi connectivity index (χ1n) is 8.97. The highest BCUT2D eigenvalue weighted by atomic mass is 32.1. The molecule has 0 aromatic carbocycles. The number of carbonyl (C=O) groups excluding carboxylic acids is 1. The Labute approximate surface area is 161 Å². The molecule has 0 N–H and O–H groups in total. The Morgan fingerprint density at radius 3 is 2.69 bits per heavy atom. The molecule has 5 heterocycles. The third-order valence-electron chi connectivity index (χ3n) is 5.43. The number of rotatable bonds is 4. The smallest absolute Gasteiger partial charge is 0.271 e. The van der Waals surface area contributed by atoms with E-state index in [1.807, 2.05) is 23.5 Å². The zero-order valence-electron chi connectivity index (χ0n) is 14.7. The van der Waals surface area contributed by atoms with Gasteiger partial charge in [-0.2, -0.15) is 0 Å². The fraction of sp³-hybridized carbons (Fsp3) is 0.350. The van der Waals surface area contributed by atoms with E-state index >= 15 is 0 Å². The zero-order chi connectivity index (χ0) is 17.7. The number of aromatic nitrogens is 1. The summed E-state index contributed by atoms with van der Waals surface area (Å²) >= 11 is 3.60. The molecule has 1 amide bonds. The Morgan fingerprint density at radius 2 is 1.92 bits per heavy atom. The Balaban J connectivity index is 1.44. The highest BCUT2D eigenvalue weighted by Gasteiger charge is 2.44. The molecule has 0 spiro atoms. The minimum Gasteiger partial charge on any atom is -0.337 e. The lowest BCUT2D eigenvalue weighted by molar-refractivity contribution is 0.0559. The van der Waals surface area contributed by atoms with E-state index in [2.05, 4.69) is 57.1 Å². The number of likely N-dealkylation sites (tertiary alicyclic amines) is 1. The minimum absolute atomic E-state index is 0.165. The third kappa shape index (κ3) is 2.73. The summed E-state index contributed by atoms with van der Waals surface area (Å²) in [6.07, 6.45) is 2.08. The number of amides is 1. The molecular formula is C20H21N3OS2. The molecule has 0 saturated carbocycles. The van der Waals surface area contributed by atoms with E-state index in [9.17, 15) is 4.79 Å². The number of hydrogen-bond donors (Lipinski definition) is 0. The highest BCUT2D eigenvalue weighted by molar-refractivity contribution is 7.11. The third-order valence-corrected chi connectivity index (χ3v) is 7.28. The summed E-state index contributed by atoms with van der Waals surface area (Å²) in [7, 11) is 0. The molecule has 1 fully saturated rings. The molecule has 4 nitrogen and oxygen atoms in total. The van der Waals surface area contributed by atoms with Gasteiger partial charge in [-0.15, -0.1) is 22.7 Å². The van der Waals surface area contributed by atoms with E-state index in [1.165, 1.54) is 14.6 Å². The summed E-state index contributed by atoms with van der Waals surface area (Å²) in [6.45, 7) is 5.79. The molecule has 3 aromatic rings. The zero-order valence-corrected chi connectivity index (χ0v) is 16.3. The van der Waals surface area contributed by atoms with Crippen molar-refractivity contribution < 1.29 is 4.79 Å². The van der Waals surface area contributed by atoms with Gasteiger partial charge in [0, 0.05) is 40.5 Å². The van der Waals surface area contributed by atoms with E-state index in [0.717, 1.165) is 31.9 Å². The van der Waals surface area contributed by atoms with E-state index in [1.54, 1.807) is 11.3 Å². The SMILES string of the molecule is Cc1ccc(CN2C[C@H]3[C@H](C2)n2cccc2C(=O)N3Cc2cccs2)s1. The summed E-state index contributed by atoms with van der Waals surface area (Å²) in [5.74, 6) is 0.165. The lowest BCUT2D eigenvalue weighted by atomic mass is 10.1. The van der Waals surface area contributed by atoms with Crippen LogP contribution in [0.25, 0.3) is 0 Å². The lowest BCUT2D eigenvalue weighted by Crippen LogP contribution is -2.49. The van der Waals surface area contributed by atoms with Gasteiger partial charge in [0.05, 0.1) is 18.6 Å². The molecule has 3 aromatic heterocycles. The summed E-state index contributed by atoms with van der Waals surface area (Å²) < 4.78 is 2.21. The van der Waals surface area contributed by atoms with Crippen LogP contribution < -0.4 is 0 Å². The maximum absolute atomic E-state index is 13.1. The Hall–Kier alpha value is -1.89. The van der Waals surface area contributed by atoms with Gasteiger partial charge in [-0.3, -0.25) is 9.69 Å². The normalized spacial score (nSPS) is 22.7. The van der Waals surface area contributed by atoms with Gasteiger partial charge in [0.1, 0.15) is 5.69 Å². The first kappa shape index (κ1) is 16.3. The van der Waals surface area contributed by atoms with Gasteiger partial charge in [-0.05, 0) is 42.6 Å². The molecule has 0 radical (unpaired) electrons. The van der Waals surface area contributed by atoms with Crippen molar-refractivity contribution in [2.24, 2.45) is 0 Å². The standard InChI is InChI=1S/C20H21N3OS2/c1-14-6-7-16(26-14)10-21-12-18-19(13-21)23(11-15-4-3-9-25-15)20(24)17-5-2-8-22(17)18/h2-9,18-19H,10-13H2,1H3/t18-,19-/m0/s1. The molecule has 0 bridgehead atoms. The molecule has 26 heavy (non-hydrogen) atoms. The van der Waals surface area contributed by atoms with Crippen LogP contribution in [0.5, 0.6) is 0 Å². The summed E-state index contributed by atoms with van der Waals surface area (Å²) in [4.78, 5) is 21.7. The maximum Gasteiger partial charge on any atom is 0.271 e. The van der Waals surface area contributed by atoms with Gasteiger partial charge in [0.25, 0.3) is 5.91 Å². The van der Waals surface area contributed by atoms with E-state index in [-0.39, 0.29) is 11.9 Å². The largest absolute Gasteiger partial charge is 0.337 e. The molecule has 6 heteroatoms. The Bertz CT molecular complexity index is 927. The van der Waals surface area contributed by atoms with Crippen molar-refractivity contribution in [1.29, 1.82) is 0 Å². The monoisotopic (exact) mass is 383 g/mol. The van der Waals surface area contributed by atoms with Crippen LogP contribution in [-0.2, 0) is 13.1 Å². The van der Waals surface area contributed by atoms with Gasteiger partial charge in [-0.25, -0.2) is 0 Å². The van der Waals surface area contributed by atoms with Gasteiger partial charge < -0.3 is 9.47 Å². The predicted octanol–water partition coefficient (Wildman–Crippen LogP) is 4.00. The van der Waals surface area contributed by atoms with Crippen molar-refractivity contribution in [3.05, 3.63) is 68.3 Å². The first-order valence-corrected chi connectivity index (χ1v) is 10.7. The van der Waals surface area contributed by atoms with E-state index in [0.29, 0.717) is 6.04 Å². The number of fused-ring (bicyclic) bond motifs is 3. The van der Waals surface area contributed by atoms with Crippen LogP contribution in [0, 0.1) is 6.92 Å². The van der Waals surface area contributed by atoms with Crippen LogP contribution in [0.4, 0.5) is 0 Å². The van der Waals surface area contributed by atoms with Crippen LogP contribution in [0.1, 0.15) is 31.2 Å². The van der Waals surface area contributed by atoms with Gasteiger partial charge in [-0.1, -0.05) is 6.07 Å². The number of carbonyl (C=O) groups is 1. The number of aryl methyl sites for hydroxylation is 1. The molecule has 5 rings (SSSR count). The molecule has 2 aliphatic heterocycles. The second-order valence-corrected chi connectivity index (χ2v) is 9.56. The van der Waals surface area contributed by atoms with Crippen LogP contribution in [0.3, 0.4) is 0 Å². The highest BCUT2D eigenvalue weighted by Crippen LogP contribution is 2.36. The van der Waals surface area contributed by atoms with E-state index in [4.69, 9.17) is 0 Å². The van der Waals surface area contributed by atoms with Crippen LogP contribution in [-0.4, -0.2) is 39.4 Å². The summed E-state index contributed by atoms with van der Waals surface area (Å²) in [5, 5.41) is 2.09. The van der Waals surface area contributed by atoms with Crippen molar-refractivity contribution >= 4 is 28.6 Å². The number of hydrogen-bond acceptors (Lipinski definition) is 4. The van der Waals surface area contributed by atoms with Crippen molar-refractivity contribution in [2.45, 2.75) is 32.1 Å². The Morgan fingerprint density at radius 1 is 1.04 bits per heavy atom. The molecule has 0 unspecified atom stereocenters. The van der Waals surface area contributed by atoms with Gasteiger partial charge >= 0.3 is 0 Å². The molecule has 2 atom stereocenters. The van der Waals surface area contributed by atoms with Crippen molar-refractivity contribution in [1.82, 2.24) is 14.4 Å². The summed E-state index contributed by atoms with van der Waals surface area (Å²) in [6, 6.07) is 13.2.